The van der Waals surface area contributed by atoms with E-state index in [9.17, 15) is 8.42 Å². The van der Waals surface area contributed by atoms with Crippen molar-refractivity contribution in [2.45, 2.75) is 53.2 Å². The molecule has 28 heavy (non-hydrogen) atoms. The van der Waals surface area contributed by atoms with Crippen molar-refractivity contribution in [1.82, 2.24) is 19.4 Å². The second-order valence-electron chi connectivity index (χ2n) is 7.60. The Labute approximate surface area is 172 Å². The maximum absolute atomic E-state index is 12.5. The largest absolute Gasteiger partial charge is 0.378 e. The minimum absolute atomic E-state index is 0.0429. The van der Waals surface area contributed by atoms with E-state index in [-0.39, 0.29) is 18.5 Å². The van der Waals surface area contributed by atoms with Gasteiger partial charge in [-0.05, 0) is 41.2 Å². The van der Waals surface area contributed by atoms with Gasteiger partial charge in [0.05, 0.1) is 25.0 Å². The fourth-order valence-electron chi connectivity index (χ4n) is 2.97. The highest BCUT2D eigenvalue weighted by molar-refractivity contribution is 7.89. The number of ether oxygens (including phenoxy) is 1. The molecule has 8 nitrogen and oxygen atoms in total. The molecule has 9 heteroatoms. The second kappa shape index (κ2) is 12.6. The summed E-state index contributed by atoms with van der Waals surface area (Å²) in [4.78, 5) is 9.22. The van der Waals surface area contributed by atoms with Crippen LogP contribution < -0.4 is 5.32 Å². The number of nitrogens with one attached hydrogen (secondary N) is 1. The van der Waals surface area contributed by atoms with E-state index in [0.717, 1.165) is 32.0 Å². The first-order chi connectivity index (χ1) is 13.2. The number of hydrogen-bond donors (Lipinski definition) is 1. The molecule has 1 atom stereocenters. The van der Waals surface area contributed by atoms with Gasteiger partial charge in [-0.25, -0.2) is 8.42 Å². The molecule has 1 fully saturated rings. The summed E-state index contributed by atoms with van der Waals surface area (Å²) >= 11 is 0. The number of guanidine groups is 1. The number of nitrogens with zero attached hydrogens (tertiary/aromatic N) is 4. The minimum atomic E-state index is -3.27. The molecule has 0 aliphatic carbocycles. The fraction of sp³-hybridized carbons (Fsp3) is 0.947. The normalized spacial score (nSPS) is 18.1. The third-order valence-corrected chi connectivity index (χ3v) is 6.95. The van der Waals surface area contributed by atoms with Crippen molar-refractivity contribution in [2.75, 3.05) is 65.2 Å². The molecule has 0 saturated carbocycles. The Morgan fingerprint density at radius 2 is 1.82 bits per heavy atom. The van der Waals surface area contributed by atoms with E-state index >= 15 is 0 Å². The van der Waals surface area contributed by atoms with E-state index in [0.29, 0.717) is 32.2 Å². The van der Waals surface area contributed by atoms with Crippen LogP contribution in [-0.4, -0.2) is 106 Å². The highest BCUT2D eigenvalue weighted by Crippen LogP contribution is 2.09. The molecule has 0 bridgehead atoms. The van der Waals surface area contributed by atoms with Crippen molar-refractivity contribution < 1.29 is 13.2 Å². The van der Waals surface area contributed by atoms with Crippen molar-refractivity contribution in [3.63, 3.8) is 0 Å². The van der Waals surface area contributed by atoms with E-state index in [1.165, 1.54) is 0 Å². The van der Waals surface area contributed by atoms with Crippen LogP contribution in [0.15, 0.2) is 4.99 Å². The second-order valence-corrected chi connectivity index (χ2v) is 9.68. The summed E-state index contributed by atoms with van der Waals surface area (Å²) in [6, 6.07) is 0.547. The van der Waals surface area contributed by atoms with Gasteiger partial charge in [0.25, 0.3) is 0 Å². The van der Waals surface area contributed by atoms with Gasteiger partial charge >= 0.3 is 0 Å². The van der Waals surface area contributed by atoms with Crippen LogP contribution >= 0.6 is 0 Å². The van der Waals surface area contributed by atoms with Crippen LogP contribution in [-0.2, 0) is 14.8 Å². The van der Waals surface area contributed by atoms with Crippen LogP contribution in [0.3, 0.4) is 0 Å². The molecule has 1 aliphatic heterocycles. The lowest BCUT2D eigenvalue weighted by atomic mass is 10.2. The third kappa shape index (κ3) is 8.63. The average molecular weight is 420 g/mol. The number of sulfonamides is 1. The predicted octanol–water partition coefficient (Wildman–Crippen LogP) is 1.05. The SMILES string of the molecule is CCNC(=NCCN(C)C(C)CC)N1CCN(S(=O)(=O)CCOC(C)C)CC1. The molecule has 1 rings (SSSR count). The molecular weight excluding hydrogens is 378 g/mol. The zero-order valence-corrected chi connectivity index (χ0v) is 19.5. The molecule has 0 radical (unpaired) electrons. The molecule has 1 N–H and O–H groups in total. The van der Waals surface area contributed by atoms with Crippen molar-refractivity contribution in [1.29, 1.82) is 0 Å². The third-order valence-electron chi connectivity index (χ3n) is 5.12. The van der Waals surface area contributed by atoms with Crippen LogP contribution in [0.4, 0.5) is 0 Å². The first-order valence-corrected chi connectivity index (χ1v) is 12.1. The molecule has 0 amide bonds. The molecule has 0 aromatic carbocycles. The standard InChI is InChI=1S/C19H41N5O3S/c1-7-18(5)22(6)10-9-21-19(20-8-2)23-11-13-24(14-12-23)28(25,26)16-15-27-17(3)4/h17-18H,7-16H2,1-6H3,(H,20,21). The zero-order valence-electron chi connectivity index (χ0n) is 18.6. The summed E-state index contributed by atoms with van der Waals surface area (Å²) < 4.78 is 31.9. The zero-order chi connectivity index (χ0) is 21.2. The van der Waals surface area contributed by atoms with E-state index in [1.54, 1.807) is 4.31 Å². The number of piperazine rings is 1. The molecule has 0 spiro atoms. The number of rotatable bonds is 11. The smallest absolute Gasteiger partial charge is 0.216 e. The Morgan fingerprint density at radius 3 is 2.36 bits per heavy atom. The van der Waals surface area contributed by atoms with Crippen LogP contribution in [0, 0.1) is 0 Å². The van der Waals surface area contributed by atoms with Crippen molar-refractivity contribution in [3.8, 4) is 0 Å². The Kier molecular flexibility index (Phi) is 11.3. The van der Waals surface area contributed by atoms with Crippen LogP contribution in [0.5, 0.6) is 0 Å². The Balaban J connectivity index is 2.56. The van der Waals surface area contributed by atoms with E-state index in [1.807, 2.05) is 13.8 Å². The summed E-state index contributed by atoms with van der Waals surface area (Å²) in [6.45, 7) is 15.2. The summed E-state index contributed by atoms with van der Waals surface area (Å²) in [5, 5.41) is 3.34. The topological polar surface area (TPSA) is 77.5 Å². The van der Waals surface area contributed by atoms with E-state index in [2.05, 4.69) is 42.9 Å². The molecule has 1 unspecified atom stereocenters. The Morgan fingerprint density at radius 1 is 1.18 bits per heavy atom. The summed E-state index contributed by atoms with van der Waals surface area (Å²) in [5.74, 6) is 0.918. The Bertz CT molecular complexity index is 560. The van der Waals surface area contributed by atoms with Crippen LogP contribution in [0.2, 0.25) is 0 Å². The monoisotopic (exact) mass is 419 g/mol. The van der Waals surface area contributed by atoms with E-state index < -0.39 is 10.0 Å². The van der Waals surface area contributed by atoms with Gasteiger partial charge in [-0.15, -0.1) is 0 Å². The minimum Gasteiger partial charge on any atom is -0.378 e. The molecule has 1 heterocycles. The molecule has 1 aliphatic rings. The van der Waals surface area contributed by atoms with Gasteiger partial charge < -0.3 is 19.9 Å². The highest BCUT2D eigenvalue weighted by atomic mass is 32.2. The quantitative estimate of drug-likeness (QED) is 0.399. The average Bonchev–Trinajstić information content (AvgIpc) is 2.66. The van der Waals surface area contributed by atoms with Gasteiger partial charge in [0.2, 0.25) is 10.0 Å². The van der Waals surface area contributed by atoms with E-state index in [4.69, 9.17) is 9.73 Å². The molecular formula is C19H41N5O3S. The number of likely N-dealkylation sites (N-methyl/N-ethyl adjacent to an activating group) is 1. The lowest BCUT2D eigenvalue weighted by Crippen LogP contribution is -2.54. The summed E-state index contributed by atoms with van der Waals surface area (Å²) in [6.07, 6.45) is 1.17. The molecule has 0 aromatic heterocycles. The van der Waals surface area contributed by atoms with Crippen molar-refractivity contribution in [2.24, 2.45) is 4.99 Å². The lowest BCUT2D eigenvalue weighted by Gasteiger charge is -2.36. The summed E-state index contributed by atoms with van der Waals surface area (Å²) in [5.41, 5.74) is 0. The molecule has 166 valence electrons. The Hall–Kier alpha value is -0.900. The van der Waals surface area contributed by atoms with Crippen LogP contribution in [0.1, 0.15) is 41.0 Å². The van der Waals surface area contributed by atoms with Crippen molar-refractivity contribution in [3.05, 3.63) is 0 Å². The first-order valence-electron chi connectivity index (χ1n) is 10.5. The van der Waals surface area contributed by atoms with Gasteiger partial charge in [-0.2, -0.15) is 4.31 Å². The highest BCUT2D eigenvalue weighted by Gasteiger charge is 2.28. The van der Waals surface area contributed by atoms with Gasteiger partial charge in [-0.1, -0.05) is 6.92 Å². The van der Waals surface area contributed by atoms with Crippen molar-refractivity contribution >= 4 is 16.0 Å². The van der Waals surface area contributed by atoms with Gasteiger partial charge in [-0.3, -0.25) is 4.99 Å². The molecule has 0 aromatic rings. The maximum Gasteiger partial charge on any atom is 0.216 e. The first kappa shape index (κ1) is 25.1. The maximum atomic E-state index is 12.5. The number of hydrogen-bond acceptors (Lipinski definition) is 5. The van der Waals surface area contributed by atoms with Gasteiger partial charge in [0.1, 0.15) is 0 Å². The fourth-order valence-corrected chi connectivity index (χ4v) is 4.25. The summed E-state index contributed by atoms with van der Waals surface area (Å²) in [7, 11) is -1.14. The van der Waals surface area contributed by atoms with Gasteiger partial charge in [0, 0.05) is 45.3 Å². The predicted molar refractivity (Wildman–Crippen MR) is 116 cm³/mol. The van der Waals surface area contributed by atoms with Gasteiger partial charge in [0.15, 0.2) is 5.96 Å². The van der Waals surface area contributed by atoms with Crippen LogP contribution in [0.25, 0.3) is 0 Å². The molecule has 1 saturated heterocycles. The number of aliphatic imine (C=N–C) groups is 1. The lowest BCUT2D eigenvalue weighted by molar-refractivity contribution is 0.0904.